The van der Waals surface area contributed by atoms with Crippen molar-refractivity contribution >= 4 is 21.6 Å². The molecule has 4 rings (SSSR count). The first-order valence-electron chi connectivity index (χ1n) is 10.4. The highest BCUT2D eigenvalue weighted by molar-refractivity contribution is 7.89. The summed E-state index contributed by atoms with van der Waals surface area (Å²) in [6.07, 6.45) is -8.82. The predicted octanol–water partition coefficient (Wildman–Crippen LogP) is 6.41. The van der Waals surface area contributed by atoms with E-state index in [1.807, 2.05) is 0 Å². The van der Waals surface area contributed by atoms with E-state index in [1.54, 1.807) is 30.3 Å². The Morgan fingerprint density at radius 2 is 1.56 bits per heavy atom. The second kappa shape index (κ2) is 9.56. The minimum absolute atomic E-state index is 0.0222. The smallest absolute Gasteiger partial charge is 0.416 e. The van der Waals surface area contributed by atoms with Crippen molar-refractivity contribution in [1.29, 1.82) is 0 Å². The molecule has 0 spiro atoms. The topological polar surface area (TPSA) is 59.5 Å². The highest BCUT2D eigenvalue weighted by Gasteiger charge is 2.39. The molecule has 0 bridgehead atoms. The van der Waals surface area contributed by atoms with E-state index in [-0.39, 0.29) is 49.2 Å². The lowest BCUT2D eigenvalue weighted by Gasteiger charge is -2.27. The molecular formula is C23H17ClF6N2O3S. The van der Waals surface area contributed by atoms with Crippen LogP contribution in [0.15, 0.2) is 59.6 Å². The van der Waals surface area contributed by atoms with Gasteiger partial charge in [-0.1, -0.05) is 29.8 Å². The van der Waals surface area contributed by atoms with Crippen molar-refractivity contribution in [2.45, 2.75) is 30.2 Å². The Hall–Kier alpha value is -2.83. The first kappa shape index (κ1) is 26.2. The molecule has 192 valence electrons. The van der Waals surface area contributed by atoms with Crippen molar-refractivity contribution < 1.29 is 39.5 Å². The lowest BCUT2D eigenvalue weighted by Crippen LogP contribution is -2.34. The second-order valence-electron chi connectivity index (χ2n) is 7.90. The van der Waals surface area contributed by atoms with Gasteiger partial charge in [0.05, 0.1) is 22.6 Å². The highest BCUT2D eigenvalue weighted by atomic mass is 35.5. The van der Waals surface area contributed by atoms with E-state index in [9.17, 15) is 34.8 Å². The van der Waals surface area contributed by atoms with Gasteiger partial charge < -0.3 is 4.74 Å². The molecule has 0 fully saturated rings. The van der Waals surface area contributed by atoms with E-state index in [0.29, 0.717) is 16.1 Å². The molecule has 13 heteroatoms. The molecule has 0 saturated heterocycles. The van der Waals surface area contributed by atoms with E-state index in [1.165, 1.54) is 6.20 Å². The van der Waals surface area contributed by atoms with Crippen LogP contribution in [0.1, 0.15) is 23.1 Å². The molecule has 0 radical (unpaired) electrons. The van der Waals surface area contributed by atoms with Crippen LogP contribution in [0, 0.1) is 0 Å². The third kappa shape index (κ3) is 5.30. The van der Waals surface area contributed by atoms with Gasteiger partial charge in [-0.15, -0.1) is 0 Å². The number of aromatic nitrogens is 1. The van der Waals surface area contributed by atoms with Crippen molar-refractivity contribution in [2.24, 2.45) is 0 Å². The van der Waals surface area contributed by atoms with E-state index >= 15 is 0 Å². The van der Waals surface area contributed by atoms with Crippen LogP contribution in [0.5, 0.6) is 5.88 Å². The summed E-state index contributed by atoms with van der Waals surface area (Å²) in [5, 5.41) is 0.343. The normalized spacial score (nSPS) is 15.5. The van der Waals surface area contributed by atoms with Crippen LogP contribution in [-0.2, 0) is 28.9 Å². The third-order valence-corrected chi connectivity index (χ3v) is 7.66. The number of halogens is 7. The fraction of sp³-hybridized carbons (Fsp3) is 0.261. The molecule has 1 aliphatic heterocycles. The largest absolute Gasteiger partial charge is 0.477 e. The summed E-state index contributed by atoms with van der Waals surface area (Å²) in [4.78, 5) is 3.02. The zero-order valence-corrected chi connectivity index (χ0v) is 19.8. The summed E-state index contributed by atoms with van der Waals surface area (Å²) in [5.41, 5.74) is -2.17. The monoisotopic (exact) mass is 550 g/mol. The molecule has 36 heavy (non-hydrogen) atoms. The van der Waals surface area contributed by atoms with Crippen molar-refractivity contribution in [3.8, 4) is 17.0 Å². The molecule has 0 amide bonds. The number of fused-ring (bicyclic) bond motifs is 1. The Bertz CT molecular complexity index is 1360. The number of sulfonamides is 1. The molecule has 2 aromatic carbocycles. The number of hydrogen-bond acceptors (Lipinski definition) is 4. The quantitative estimate of drug-likeness (QED) is 0.354. The van der Waals surface area contributed by atoms with Crippen LogP contribution in [0.2, 0.25) is 5.02 Å². The van der Waals surface area contributed by atoms with Crippen LogP contribution in [0.3, 0.4) is 0 Å². The SMILES string of the molecule is O=S(=O)(c1cc(C(F)(F)F)cc(C(F)(F)F)c1)N1CCCOc2nccc(-c3ccccc3Cl)c2C1. The van der Waals surface area contributed by atoms with Gasteiger partial charge in [-0.05, 0) is 42.3 Å². The summed E-state index contributed by atoms with van der Waals surface area (Å²) in [5.74, 6) is 0.0901. The molecule has 2 heterocycles. The Morgan fingerprint density at radius 1 is 0.917 bits per heavy atom. The predicted molar refractivity (Wildman–Crippen MR) is 119 cm³/mol. The van der Waals surface area contributed by atoms with Gasteiger partial charge in [0.25, 0.3) is 0 Å². The van der Waals surface area contributed by atoms with Gasteiger partial charge in [0.2, 0.25) is 15.9 Å². The van der Waals surface area contributed by atoms with Crippen molar-refractivity contribution in [1.82, 2.24) is 9.29 Å². The zero-order valence-electron chi connectivity index (χ0n) is 18.2. The molecule has 1 aliphatic rings. The average Bonchev–Trinajstić information content (AvgIpc) is 2.78. The fourth-order valence-electron chi connectivity index (χ4n) is 3.78. The third-order valence-electron chi connectivity index (χ3n) is 5.50. The summed E-state index contributed by atoms with van der Waals surface area (Å²) in [6, 6.07) is 8.56. The highest BCUT2D eigenvalue weighted by Crippen LogP contribution is 2.39. The van der Waals surface area contributed by atoms with Crippen LogP contribution in [0.4, 0.5) is 26.3 Å². The summed E-state index contributed by atoms with van der Waals surface area (Å²) in [7, 11) is -4.80. The standard InChI is InChI=1S/C23H17ClF6N2O3S/c24-20-5-2-1-4-18(20)17-6-7-31-21-19(17)13-32(8-3-9-35-21)36(33,34)16-11-14(22(25,26)27)10-15(12-16)23(28,29)30/h1-2,4-7,10-12H,3,8-9,13H2. The van der Waals surface area contributed by atoms with Crippen LogP contribution < -0.4 is 4.74 Å². The number of nitrogens with zero attached hydrogens (tertiary/aromatic N) is 2. The summed E-state index contributed by atoms with van der Waals surface area (Å²) >= 11 is 6.31. The van der Waals surface area contributed by atoms with Crippen LogP contribution in [-0.4, -0.2) is 30.9 Å². The van der Waals surface area contributed by atoms with Crippen LogP contribution >= 0.6 is 11.6 Å². The van der Waals surface area contributed by atoms with E-state index < -0.39 is 44.9 Å². The molecule has 3 aromatic rings. The maximum Gasteiger partial charge on any atom is 0.416 e. The summed E-state index contributed by atoms with van der Waals surface area (Å²) in [6.45, 7) is -0.603. The lowest BCUT2D eigenvalue weighted by atomic mass is 10.0. The minimum atomic E-state index is -5.19. The Morgan fingerprint density at radius 3 is 2.17 bits per heavy atom. The van der Waals surface area contributed by atoms with Gasteiger partial charge in [0.1, 0.15) is 0 Å². The second-order valence-corrected chi connectivity index (χ2v) is 10.2. The summed E-state index contributed by atoms with van der Waals surface area (Å²) < 4.78 is 113. The maximum absolute atomic E-state index is 13.4. The molecule has 0 aliphatic carbocycles. The fourth-order valence-corrected chi connectivity index (χ4v) is 5.53. The van der Waals surface area contributed by atoms with E-state index in [4.69, 9.17) is 16.3 Å². The number of benzene rings is 2. The average molecular weight is 551 g/mol. The van der Waals surface area contributed by atoms with Gasteiger partial charge in [-0.3, -0.25) is 0 Å². The number of alkyl halides is 6. The molecule has 0 atom stereocenters. The Kier molecular flexibility index (Phi) is 6.97. The van der Waals surface area contributed by atoms with E-state index in [2.05, 4.69) is 4.98 Å². The Labute approximate surface area is 207 Å². The molecule has 1 aromatic heterocycles. The van der Waals surface area contributed by atoms with Gasteiger partial charge >= 0.3 is 12.4 Å². The number of hydrogen-bond donors (Lipinski definition) is 0. The van der Waals surface area contributed by atoms with Crippen molar-refractivity contribution in [3.63, 3.8) is 0 Å². The Balaban J connectivity index is 1.84. The first-order chi connectivity index (χ1) is 16.8. The first-order valence-corrected chi connectivity index (χ1v) is 12.3. The van der Waals surface area contributed by atoms with Crippen molar-refractivity contribution in [2.75, 3.05) is 13.2 Å². The number of rotatable bonds is 3. The van der Waals surface area contributed by atoms with Crippen LogP contribution in [0.25, 0.3) is 11.1 Å². The number of ether oxygens (including phenoxy) is 1. The van der Waals surface area contributed by atoms with Gasteiger partial charge in [-0.25, -0.2) is 13.4 Å². The van der Waals surface area contributed by atoms with Gasteiger partial charge in [0.15, 0.2) is 0 Å². The molecule has 5 nitrogen and oxygen atoms in total. The molecular weight excluding hydrogens is 534 g/mol. The maximum atomic E-state index is 13.4. The van der Waals surface area contributed by atoms with Crippen molar-refractivity contribution in [3.05, 3.63) is 76.4 Å². The molecule has 0 unspecified atom stereocenters. The molecule has 0 N–H and O–H groups in total. The van der Waals surface area contributed by atoms with Gasteiger partial charge in [0, 0.05) is 35.4 Å². The van der Waals surface area contributed by atoms with Gasteiger partial charge in [-0.2, -0.15) is 30.6 Å². The lowest BCUT2D eigenvalue weighted by molar-refractivity contribution is -0.143. The number of pyridine rings is 1. The molecule has 0 saturated carbocycles. The van der Waals surface area contributed by atoms with E-state index in [0.717, 1.165) is 4.31 Å². The minimum Gasteiger partial charge on any atom is -0.477 e. The zero-order chi connectivity index (χ0) is 26.3.